The molecule has 0 aliphatic heterocycles. The second kappa shape index (κ2) is 5.49. The van der Waals surface area contributed by atoms with Gasteiger partial charge in [0.25, 0.3) is 5.91 Å². The van der Waals surface area contributed by atoms with Gasteiger partial charge in [-0.15, -0.1) is 11.3 Å². The molecule has 0 spiro atoms. The maximum absolute atomic E-state index is 12.3. The van der Waals surface area contributed by atoms with Crippen LogP contribution >= 0.6 is 11.3 Å². The van der Waals surface area contributed by atoms with Crippen LogP contribution in [0.5, 0.6) is 0 Å². The third-order valence-corrected chi connectivity index (χ3v) is 4.10. The van der Waals surface area contributed by atoms with Crippen molar-refractivity contribution in [1.29, 1.82) is 0 Å². The summed E-state index contributed by atoms with van der Waals surface area (Å²) in [6.45, 7) is 3.69. The van der Waals surface area contributed by atoms with Crippen LogP contribution in [0.15, 0.2) is 47.0 Å². The molecular formula is C15H14N4OS. The molecule has 0 aromatic carbocycles. The molecule has 0 aliphatic rings. The number of thiophene rings is 1. The molecular weight excluding hydrogens is 284 g/mol. The second-order valence-electron chi connectivity index (χ2n) is 4.59. The van der Waals surface area contributed by atoms with E-state index in [9.17, 15) is 4.79 Å². The van der Waals surface area contributed by atoms with E-state index in [0.717, 1.165) is 16.2 Å². The van der Waals surface area contributed by atoms with Crippen LogP contribution in [0, 0.1) is 6.92 Å². The van der Waals surface area contributed by atoms with Gasteiger partial charge in [0, 0.05) is 11.1 Å². The van der Waals surface area contributed by atoms with E-state index in [1.165, 1.54) is 0 Å². The second-order valence-corrected chi connectivity index (χ2v) is 5.54. The topological polar surface area (TPSA) is 58.8 Å². The van der Waals surface area contributed by atoms with Crippen molar-refractivity contribution in [2.24, 2.45) is 5.10 Å². The van der Waals surface area contributed by atoms with Gasteiger partial charge >= 0.3 is 0 Å². The average molecular weight is 298 g/mol. The number of nitrogens with one attached hydrogen (secondary N) is 1. The number of nitrogens with zero attached hydrogens (tertiary/aromatic N) is 3. The van der Waals surface area contributed by atoms with Gasteiger partial charge in [0.1, 0.15) is 11.3 Å². The summed E-state index contributed by atoms with van der Waals surface area (Å²) in [4.78, 5) is 17.7. The number of fused-ring (bicyclic) bond motifs is 1. The molecule has 3 aromatic heterocycles. The highest BCUT2D eigenvalue weighted by molar-refractivity contribution is 7.12. The van der Waals surface area contributed by atoms with Crippen molar-refractivity contribution in [1.82, 2.24) is 14.8 Å². The SMILES string of the molecule is C/C(=N\NC(=O)c1c(C)nc2ccccn12)c1cccs1. The number of rotatable bonds is 3. The molecule has 0 aliphatic carbocycles. The number of hydrogen-bond donors (Lipinski definition) is 1. The van der Waals surface area contributed by atoms with Crippen LogP contribution in [0.2, 0.25) is 0 Å². The first-order valence-corrected chi connectivity index (χ1v) is 7.37. The summed E-state index contributed by atoms with van der Waals surface area (Å²) >= 11 is 1.59. The van der Waals surface area contributed by atoms with E-state index in [1.807, 2.05) is 55.8 Å². The molecule has 0 radical (unpaired) electrons. The molecule has 0 bridgehead atoms. The first-order chi connectivity index (χ1) is 10.2. The molecule has 6 heteroatoms. The lowest BCUT2D eigenvalue weighted by Gasteiger charge is -2.02. The van der Waals surface area contributed by atoms with Crippen molar-refractivity contribution in [3.05, 3.63) is 58.2 Å². The molecule has 0 unspecified atom stereocenters. The number of amides is 1. The highest BCUT2D eigenvalue weighted by Gasteiger charge is 2.15. The largest absolute Gasteiger partial charge is 0.295 e. The Labute approximate surface area is 126 Å². The average Bonchev–Trinajstić information content (AvgIpc) is 3.10. The van der Waals surface area contributed by atoms with E-state index in [1.54, 1.807) is 15.7 Å². The summed E-state index contributed by atoms with van der Waals surface area (Å²) in [5.74, 6) is -0.262. The predicted molar refractivity (Wildman–Crippen MR) is 83.9 cm³/mol. The molecule has 1 N–H and O–H groups in total. The maximum atomic E-state index is 12.3. The van der Waals surface area contributed by atoms with E-state index in [2.05, 4.69) is 15.5 Å². The van der Waals surface area contributed by atoms with Crippen molar-refractivity contribution < 1.29 is 4.79 Å². The predicted octanol–water partition coefficient (Wildman–Crippen LogP) is 2.86. The third kappa shape index (κ3) is 2.57. The fourth-order valence-electron chi connectivity index (χ4n) is 2.11. The van der Waals surface area contributed by atoms with E-state index in [-0.39, 0.29) is 5.91 Å². The molecule has 21 heavy (non-hydrogen) atoms. The summed E-state index contributed by atoms with van der Waals surface area (Å²) < 4.78 is 1.76. The summed E-state index contributed by atoms with van der Waals surface area (Å²) in [6, 6.07) is 9.54. The lowest BCUT2D eigenvalue weighted by Crippen LogP contribution is -2.21. The number of aryl methyl sites for hydroxylation is 1. The van der Waals surface area contributed by atoms with Crippen LogP contribution in [-0.2, 0) is 0 Å². The highest BCUT2D eigenvalue weighted by Crippen LogP contribution is 2.12. The van der Waals surface area contributed by atoms with Gasteiger partial charge in [-0.2, -0.15) is 5.10 Å². The van der Waals surface area contributed by atoms with Gasteiger partial charge in [-0.05, 0) is 37.4 Å². The Hall–Kier alpha value is -2.47. The van der Waals surface area contributed by atoms with Crippen molar-refractivity contribution in [2.45, 2.75) is 13.8 Å². The minimum absolute atomic E-state index is 0.262. The number of carbonyl (C=O) groups excluding carboxylic acids is 1. The quantitative estimate of drug-likeness (QED) is 0.597. The number of carbonyl (C=O) groups is 1. The Morgan fingerprint density at radius 3 is 2.95 bits per heavy atom. The van der Waals surface area contributed by atoms with Gasteiger partial charge in [0.15, 0.2) is 0 Å². The molecule has 106 valence electrons. The minimum atomic E-state index is -0.262. The number of aromatic nitrogens is 2. The van der Waals surface area contributed by atoms with Crippen LogP contribution < -0.4 is 5.43 Å². The van der Waals surface area contributed by atoms with Crippen LogP contribution in [0.25, 0.3) is 5.65 Å². The maximum Gasteiger partial charge on any atom is 0.290 e. The van der Waals surface area contributed by atoms with E-state index >= 15 is 0 Å². The lowest BCUT2D eigenvalue weighted by molar-refractivity contribution is 0.0948. The zero-order chi connectivity index (χ0) is 14.8. The zero-order valence-corrected chi connectivity index (χ0v) is 12.5. The molecule has 5 nitrogen and oxygen atoms in total. The Morgan fingerprint density at radius 2 is 2.19 bits per heavy atom. The van der Waals surface area contributed by atoms with Crippen molar-refractivity contribution >= 4 is 28.6 Å². The molecule has 0 fully saturated rings. The van der Waals surface area contributed by atoms with Gasteiger partial charge in [-0.1, -0.05) is 12.1 Å². The zero-order valence-electron chi connectivity index (χ0n) is 11.7. The van der Waals surface area contributed by atoms with Gasteiger partial charge in [0.05, 0.1) is 11.4 Å². The van der Waals surface area contributed by atoms with Crippen LogP contribution in [0.4, 0.5) is 0 Å². The summed E-state index contributed by atoms with van der Waals surface area (Å²) in [6.07, 6.45) is 1.82. The molecule has 3 aromatic rings. The molecule has 0 saturated carbocycles. The number of hydrazone groups is 1. The van der Waals surface area contributed by atoms with Crippen LogP contribution in [0.3, 0.4) is 0 Å². The molecule has 3 heterocycles. The van der Waals surface area contributed by atoms with Crippen molar-refractivity contribution in [2.75, 3.05) is 0 Å². The fourth-order valence-corrected chi connectivity index (χ4v) is 2.79. The lowest BCUT2D eigenvalue weighted by atomic mass is 10.3. The monoisotopic (exact) mass is 298 g/mol. The Kier molecular flexibility index (Phi) is 3.53. The molecule has 3 rings (SSSR count). The molecule has 1 amide bonds. The van der Waals surface area contributed by atoms with Gasteiger partial charge in [0.2, 0.25) is 0 Å². The summed E-state index contributed by atoms with van der Waals surface area (Å²) in [7, 11) is 0. The smallest absolute Gasteiger partial charge is 0.290 e. The summed E-state index contributed by atoms with van der Waals surface area (Å²) in [5.41, 5.74) is 5.32. The van der Waals surface area contributed by atoms with Gasteiger partial charge in [-0.3, -0.25) is 9.20 Å². The molecule has 0 saturated heterocycles. The van der Waals surface area contributed by atoms with Gasteiger partial charge < -0.3 is 0 Å². The fraction of sp³-hybridized carbons (Fsp3) is 0.133. The highest BCUT2D eigenvalue weighted by atomic mass is 32.1. The van der Waals surface area contributed by atoms with Crippen molar-refractivity contribution in [3.8, 4) is 0 Å². The van der Waals surface area contributed by atoms with Crippen LogP contribution in [-0.4, -0.2) is 21.0 Å². The third-order valence-electron chi connectivity index (χ3n) is 3.12. The van der Waals surface area contributed by atoms with Gasteiger partial charge in [-0.25, -0.2) is 10.4 Å². The number of imidazole rings is 1. The minimum Gasteiger partial charge on any atom is -0.295 e. The number of pyridine rings is 1. The Balaban J connectivity index is 1.88. The molecule has 0 atom stereocenters. The first-order valence-electron chi connectivity index (χ1n) is 6.49. The standard InChI is InChI=1S/C15H14N4OS/c1-10(12-6-5-9-21-12)17-18-15(20)14-11(2)16-13-7-3-4-8-19(13)14/h3-9H,1-2H3,(H,18,20)/b17-10+. The normalized spacial score (nSPS) is 11.8. The van der Waals surface area contributed by atoms with E-state index in [0.29, 0.717) is 11.4 Å². The van der Waals surface area contributed by atoms with Crippen LogP contribution in [0.1, 0.15) is 28.0 Å². The Bertz CT molecular complexity index is 817. The summed E-state index contributed by atoms with van der Waals surface area (Å²) in [5, 5.41) is 6.13. The van der Waals surface area contributed by atoms with Crippen molar-refractivity contribution in [3.63, 3.8) is 0 Å². The first kappa shape index (κ1) is 13.5. The van der Waals surface area contributed by atoms with E-state index < -0.39 is 0 Å². The van der Waals surface area contributed by atoms with E-state index in [4.69, 9.17) is 0 Å². The Morgan fingerprint density at radius 1 is 1.33 bits per heavy atom. The number of hydrogen-bond acceptors (Lipinski definition) is 4.